The molecular formula is H6AlNO4Zn. The molecule has 0 aliphatic heterocycles. The van der Waals surface area contributed by atoms with E-state index in [1.165, 1.54) is 0 Å². The fourth-order valence-corrected chi connectivity index (χ4v) is 0. The molecule has 0 bridgehead atoms. The molecule has 0 aromatic rings. The number of nitrogens with zero attached hydrogens (tertiary/aromatic N) is 1. The van der Waals surface area contributed by atoms with Crippen LogP contribution in [-0.2, 0) is 19.5 Å². The summed E-state index contributed by atoms with van der Waals surface area (Å²) in [5, 5.41) is 13.6. The maximum absolute atomic E-state index is 8.36. The van der Waals surface area contributed by atoms with E-state index in [4.69, 9.17) is 15.3 Å². The predicted molar refractivity (Wildman–Crippen MR) is 22.3 cm³/mol. The van der Waals surface area contributed by atoms with E-state index in [1.54, 1.807) is 0 Å². The Hall–Kier alpha value is 0.316. The zero-order chi connectivity index (χ0) is 3.58. The van der Waals surface area contributed by atoms with E-state index < -0.39 is 5.09 Å². The van der Waals surface area contributed by atoms with Crippen LogP contribution in [0.15, 0.2) is 0 Å². The van der Waals surface area contributed by atoms with Gasteiger partial charge in [-0.05, 0) is 0 Å². The van der Waals surface area contributed by atoms with Crippen LogP contribution in [0.2, 0.25) is 0 Å². The summed E-state index contributed by atoms with van der Waals surface area (Å²) in [6.45, 7) is 0. The Kier molecular flexibility index (Phi) is 61.6. The van der Waals surface area contributed by atoms with Gasteiger partial charge in [-0.1, -0.05) is 0 Å². The molecule has 0 heterocycles. The van der Waals surface area contributed by atoms with Crippen LogP contribution >= 0.6 is 0 Å². The van der Waals surface area contributed by atoms with Gasteiger partial charge in [0.2, 0.25) is 0 Å². The summed E-state index contributed by atoms with van der Waals surface area (Å²) in [4.78, 5) is 8.36. The van der Waals surface area contributed by atoms with E-state index >= 15 is 0 Å². The van der Waals surface area contributed by atoms with Gasteiger partial charge in [-0.2, -0.15) is 0 Å². The summed E-state index contributed by atoms with van der Waals surface area (Å²) in [5.41, 5.74) is 0. The Morgan fingerprint density at radius 2 is 1.57 bits per heavy atom. The van der Waals surface area contributed by atoms with Crippen LogP contribution in [0.1, 0.15) is 0 Å². The maximum Gasteiger partial charge on any atom is 0.291 e. The van der Waals surface area contributed by atoms with Gasteiger partial charge in [0.25, 0.3) is 5.09 Å². The van der Waals surface area contributed by atoms with Crippen molar-refractivity contribution in [1.82, 2.24) is 0 Å². The van der Waals surface area contributed by atoms with Gasteiger partial charge in [-0.15, -0.1) is 10.1 Å². The van der Waals surface area contributed by atoms with Crippen LogP contribution in [-0.4, -0.2) is 33.1 Å². The van der Waals surface area contributed by atoms with Crippen molar-refractivity contribution in [2.75, 3.05) is 0 Å². The average molecular weight is 176 g/mol. The second-order valence-electron chi connectivity index (χ2n) is 0.238. The van der Waals surface area contributed by atoms with Crippen LogP contribution in [0.3, 0.4) is 0 Å². The fraction of sp³-hybridized carbons (Fsp3) is 0. The molecule has 40 valence electrons. The summed E-state index contributed by atoms with van der Waals surface area (Å²) < 4.78 is 0. The topological polar surface area (TPSA) is 94.9 Å². The molecule has 7 heteroatoms. The average Bonchev–Trinajstić information content (AvgIpc) is 0.811. The van der Waals surface area contributed by atoms with Gasteiger partial charge < -0.3 is 10.7 Å². The van der Waals surface area contributed by atoms with Gasteiger partial charge in [0, 0.05) is 19.5 Å². The van der Waals surface area contributed by atoms with Crippen molar-refractivity contribution in [3.63, 3.8) is 0 Å². The first-order valence-electron chi connectivity index (χ1n) is 0.565. The zero-order valence-corrected chi connectivity index (χ0v) is 5.89. The number of rotatable bonds is 0. The summed E-state index contributed by atoms with van der Waals surface area (Å²) in [6, 6.07) is 0. The first-order valence-corrected chi connectivity index (χ1v) is 0.565. The molecule has 3 N–H and O–H groups in total. The number of hydrogen-bond donors (Lipinski definition) is 1. The Morgan fingerprint density at radius 1 is 1.57 bits per heavy atom. The third-order valence-electron chi connectivity index (χ3n) is 0. The molecule has 0 atom stereocenters. The molecule has 0 aromatic heterocycles. The smallest absolute Gasteiger partial charge is 0.291 e. The fourth-order valence-electron chi connectivity index (χ4n) is 0. The minimum atomic E-state index is -1.50. The molecule has 0 aromatic carbocycles. The summed E-state index contributed by atoms with van der Waals surface area (Å²) in [7, 11) is 0. The van der Waals surface area contributed by atoms with Crippen LogP contribution in [0.5, 0.6) is 0 Å². The van der Waals surface area contributed by atoms with Crippen LogP contribution in [0.4, 0.5) is 0 Å². The van der Waals surface area contributed by atoms with E-state index in [2.05, 4.69) is 0 Å². The molecular weight excluding hydrogens is 170 g/mol. The standard InChI is InChI=1S/Al.HNO3.H2O.Zn.3H/c;2-1(3)4;;;;;/h;(H,2,3,4);1H2;;;;. The first kappa shape index (κ1) is 26.5. The second-order valence-corrected chi connectivity index (χ2v) is 0.238. The van der Waals surface area contributed by atoms with Crippen molar-refractivity contribution >= 4 is 17.4 Å². The van der Waals surface area contributed by atoms with E-state index in [0.29, 0.717) is 0 Å². The molecule has 0 rings (SSSR count). The third-order valence-corrected chi connectivity index (χ3v) is 0. The molecule has 0 amide bonds. The summed E-state index contributed by atoms with van der Waals surface area (Å²) in [5.74, 6) is 0. The van der Waals surface area contributed by atoms with Gasteiger partial charge in [-0.3, -0.25) is 0 Å². The Balaban J connectivity index is -0.0000000150. The minimum absolute atomic E-state index is 0. The molecule has 7 heavy (non-hydrogen) atoms. The summed E-state index contributed by atoms with van der Waals surface area (Å²) >= 11 is 0. The molecule has 0 saturated carbocycles. The van der Waals surface area contributed by atoms with Crippen molar-refractivity contribution < 1.29 is 35.2 Å². The van der Waals surface area contributed by atoms with Crippen LogP contribution in [0, 0.1) is 10.1 Å². The quantitative estimate of drug-likeness (QED) is 0.254. The van der Waals surface area contributed by atoms with E-state index in [0.717, 1.165) is 0 Å². The van der Waals surface area contributed by atoms with E-state index in [-0.39, 0.29) is 42.3 Å². The molecule has 0 radical (unpaired) electrons. The Morgan fingerprint density at radius 3 is 1.57 bits per heavy atom. The minimum Gasteiger partial charge on any atom is -0.412 e. The predicted octanol–water partition coefficient (Wildman–Crippen LogP) is -2.36. The number of hydrogen-bond acceptors (Lipinski definition) is 2. The summed E-state index contributed by atoms with van der Waals surface area (Å²) in [6.07, 6.45) is 0. The second kappa shape index (κ2) is 16.2. The SMILES string of the molecule is O.O=[N+]([O-])O.[AlH3].[Zn]. The van der Waals surface area contributed by atoms with Crippen molar-refractivity contribution in [2.45, 2.75) is 0 Å². The molecule has 0 fully saturated rings. The van der Waals surface area contributed by atoms with Crippen molar-refractivity contribution in [3.05, 3.63) is 10.1 Å². The largest absolute Gasteiger partial charge is 0.412 e. The molecule has 0 saturated heterocycles. The van der Waals surface area contributed by atoms with Gasteiger partial charge >= 0.3 is 0 Å². The van der Waals surface area contributed by atoms with Crippen molar-refractivity contribution in [2.24, 2.45) is 0 Å². The normalized spacial score (nSPS) is 3.43. The molecule has 0 aliphatic carbocycles. The van der Waals surface area contributed by atoms with E-state index in [1.807, 2.05) is 0 Å². The van der Waals surface area contributed by atoms with Gasteiger partial charge in [-0.25, -0.2) is 0 Å². The maximum atomic E-state index is 8.36. The van der Waals surface area contributed by atoms with Crippen molar-refractivity contribution in [1.29, 1.82) is 0 Å². The van der Waals surface area contributed by atoms with Crippen LogP contribution in [0.25, 0.3) is 0 Å². The first-order chi connectivity index (χ1) is 1.73. The van der Waals surface area contributed by atoms with E-state index in [9.17, 15) is 0 Å². The molecule has 0 spiro atoms. The monoisotopic (exact) mass is 175 g/mol. The van der Waals surface area contributed by atoms with Gasteiger partial charge in [0.15, 0.2) is 17.4 Å². The van der Waals surface area contributed by atoms with Crippen LogP contribution < -0.4 is 0 Å². The Bertz CT molecular complexity index is 34.7. The Labute approximate surface area is 63.0 Å². The molecule has 5 nitrogen and oxygen atoms in total. The third kappa shape index (κ3) is 1180. The van der Waals surface area contributed by atoms with Gasteiger partial charge in [0.1, 0.15) is 0 Å². The van der Waals surface area contributed by atoms with Gasteiger partial charge in [0.05, 0.1) is 0 Å². The van der Waals surface area contributed by atoms with Crippen molar-refractivity contribution in [3.8, 4) is 0 Å². The molecule has 0 unspecified atom stereocenters. The zero-order valence-electron chi connectivity index (χ0n) is 2.92. The molecule has 0 aliphatic rings.